The first-order valence-electron chi connectivity index (χ1n) is 3.49. The number of aromatic nitrogens is 3. The molecular formula is C7H7N3O2. The first kappa shape index (κ1) is 6.90. The first-order valence-corrected chi connectivity index (χ1v) is 3.49. The molecule has 0 radical (unpaired) electrons. The summed E-state index contributed by atoms with van der Waals surface area (Å²) in [5.41, 5.74) is 0.464. The molecule has 2 rings (SSSR count). The van der Waals surface area contributed by atoms with Crippen LogP contribution < -0.4 is 11.2 Å². The van der Waals surface area contributed by atoms with Gasteiger partial charge in [-0.15, -0.1) is 0 Å². The van der Waals surface area contributed by atoms with Crippen molar-refractivity contribution in [1.82, 2.24) is 14.6 Å². The minimum atomic E-state index is -0.497. The van der Waals surface area contributed by atoms with Crippen LogP contribution in [0.15, 0.2) is 21.9 Å². The SMILES string of the molecule is Cc1ccn2[nH]c(=O)[nH]c(=O)c12. The lowest BCUT2D eigenvalue weighted by molar-refractivity contribution is 0.844. The molecule has 2 aromatic heterocycles. The smallest absolute Gasteiger partial charge is 0.271 e. The Morgan fingerprint density at radius 2 is 2.17 bits per heavy atom. The highest BCUT2D eigenvalue weighted by Gasteiger charge is 2.02. The van der Waals surface area contributed by atoms with Crippen LogP contribution in [0, 0.1) is 6.92 Å². The van der Waals surface area contributed by atoms with E-state index in [1.165, 1.54) is 4.52 Å². The number of hydrogen-bond acceptors (Lipinski definition) is 2. The van der Waals surface area contributed by atoms with Crippen molar-refractivity contribution in [2.24, 2.45) is 0 Å². The minimum Gasteiger partial charge on any atom is -0.271 e. The van der Waals surface area contributed by atoms with E-state index in [0.29, 0.717) is 5.52 Å². The lowest BCUT2D eigenvalue weighted by Gasteiger charge is -1.92. The maximum absolute atomic E-state index is 11.2. The van der Waals surface area contributed by atoms with Crippen molar-refractivity contribution >= 4 is 5.52 Å². The summed E-state index contributed by atoms with van der Waals surface area (Å²) >= 11 is 0. The van der Waals surface area contributed by atoms with Gasteiger partial charge in [-0.1, -0.05) is 0 Å². The van der Waals surface area contributed by atoms with Crippen molar-refractivity contribution in [2.45, 2.75) is 6.92 Å². The van der Waals surface area contributed by atoms with Crippen molar-refractivity contribution in [3.8, 4) is 0 Å². The molecule has 2 heterocycles. The van der Waals surface area contributed by atoms with Crippen molar-refractivity contribution < 1.29 is 0 Å². The van der Waals surface area contributed by atoms with Gasteiger partial charge in [0.05, 0.1) is 0 Å². The molecule has 0 spiro atoms. The third-order valence-electron chi connectivity index (χ3n) is 1.75. The summed E-state index contributed by atoms with van der Waals surface area (Å²) in [6, 6.07) is 1.76. The summed E-state index contributed by atoms with van der Waals surface area (Å²) in [6.07, 6.45) is 1.64. The zero-order valence-corrected chi connectivity index (χ0v) is 6.42. The van der Waals surface area contributed by atoms with Gasteiger partial charge in [-0.05, 0) is 18.6 Å². The van der Waals surface area contributed by atoms with E-state index >= 15 is 0 Å². The predicted octanol–water partition coefficient (Wildman–Crippen LogP) is -0.376. The van der Waals surface area contributed by atoms with Gasteiger partial charge in [-0.2, -0.15) is 0 Å². The number of nitrogens with zero attached hydrogens (tertiary/aromatic N) is 1. The third kappa shape index (κ3) is 0.795. The average molecular weight is 165 g/mol. The Bertz CT molecular complexity index is 531. The summed E-state index contributed by atoms with van der Waals surface area (Å²) < 4.78 is 1.41. The van der Waals surface area contributed by atoms with Gasteiger partial charge in [0, 0.05) is 6.20 Å². The lowest BCUT2D eigenvalue weighted by Crippen LogP contribution is -2.25. The van der Waals surface area contributed by atoms with E-state index in [1.54, 1.807) is 12.3 Å². The molecule has 0 fully saturated rings. The Hall–Kier alpha value is -1.78. The molecule has 0 bridgehead atoms. The molecule has 0 aromatic carbocycles. The van der Waals surface area contributed by atoms with Crippen LogP contribution >= 0.6 is 0 Å². The zero-order valence-electron chi connectivity index (χ0n) is 6.42. The number of aromatic amines is 2. The largest absolute Gasteiger partial charge is 0.340 e. The van der Waals surface area contributed by atoms with Crippen LogP contribution in [0.1, 0.15) is 5.56 Å². The highest BCUT2D eigenvalue weighted by atomic mass is 16.2. The molecule has 0 atom stereocenters. The van der Waals surface area contributed by atoms with E-state index in [-0.39, 0.29) is 5.56 Å². The topological polar surface area (TPSA) is 70.1 Å². The van der Waals surface area contributed by atoms with Gasteiger partial charge in [-0.25, -0.2) is 9.89 Å². The third-order valence-corrected chi connectivity index (χ3v) is 1.75. The van der Waals surface area contributed by atoms with Crippen molar-refractivity contribution in [2.75, 3.05) is 0 Å². The molecule has 0 aliphatic rings. The van der Waals surface area contributed by atoms with Gasteiger partial charge in [0.2, 0.25) is 0 Å². The van der Waals surface area contributed by atoms with E-state index in [9.17, 15) is 9.59 Å². The maximum atomic E-state index is 11.2. The van der Waals surface area contributed by atoms with Crippen LogP contribution in [-0.2, 0) is 0 Å². The summed E-state index contributed by atoms with van der Waals surface area (Å²) in [4.78, 5) is 24.1. The molecule has 0 unspecified atom stereocenters. The fraction of sp³-hybridized carbons (Fsp3) is 0.143. The summed E-state index contributed by atoms with van der Waals surface area (Å²) in [5.74, 6) is 0. The summed E-state index contributed by atoms with van der Waals surface area (Å²) in [7, 11) is 0. The minimum absolute atomic E-state index is 0.360. The molecule has 62 valence electrons. The van der Waals surface area contributed by atoms with Gasteiger partial charge in [0.1, 0.15) is 5.52 Å². The summed E-state index contributed by atoms with van der Waals surface area (Å²) in [5, 5.41) is 2.46. The van der Waals surface area contributed by atoms with Gasteiger partial charge in [-0.3, -0.25) is 14.3 Å². The van der Waals surface area contributed by atoms with Gasteiger partial charge in [0.15, 0.2) is 0 Å². The molecule has 5 nitrogen and oxygen atoms in total. The van der Waals surface area contributed by atoms with E-state index < -0.39 is 5.69 Å². The lowest BCUT2D eigenvalue weighted by atomic mass is 10.3. The molecule has 2 N–H and O–H groups in total. The van der Waals surface area contributed by atoms with Gasteiger partial charge >= 0.3 is 5.69 Å². The second-order valence-corrected chi connectivity index (χ2v) is 2.61. The van der Waals surface area contributed by atoms with E-state index in [2.05, 4.69) is 10.1 Å². The zero-order chi connectivity index (χ0) is 8.72. The standard InChI is InChI=1S/C7H7N3O2/c1-4-2-3-10-5(4)6(11)8-7(12)9-10/h2-3H,1H3,(H2,8,9,11,12). The molecule has 0 amide bonds. The maximum Gasteiger partial charge on any atom is 0.340 e. The molecule has 0 saturated carbocycles. The molecule has 0 aliphatic heterocycles. The Morgan fingerprint density at radius 3 is 2.92 bits per heavy atom. The predicted molar refractivity (Wildman–Crippen MR) is 43.4 cm³/mol. The van der Waals surface area contributed by atoms with Crippen LogP contribution in [0.3, 0.4) is 0 Å². The van der Waals surface area contributed by atoms with Crippen LogP contribution in [-0.4, -0.2) is 14.6 Å². The van der Waals surface area contributed by atoms with Crippen LogP contribution in [0.5, 0.6) is 0 Å². The second kappa shape index (κ2) is 2.10. The van der Waals surface area contributed by atoms with E-state index in [0.717, 1.165) is 5.56 Å². The number of fused-ring (bicyclic) bond motifs is 1. The highest BCUT2D eigenvalue weighted by molar-refractivity contribution is 5.51. The average Bonchev–Trinajstić information content (AvgIpc) is 2.31. The molecule has 2 aromatic rings. The van der Waals surface area contributed by atoms with Crippen LogP contribution in [0.2, 0.25) is 0 Å². The molecule has 12 heavy (non-hydrogen) atoms. The Kier molecular flexibility index (Phi) is 1.21. The van der Waals surface area contributed by atoms with Gasteiger partial charge < -0.3 is 0 Å². The first-order chi connectivity index (χ1) is 5.68. The number of nitrogens with one attached hydrogen (secondary N) is 2. The van der Waals surface area contributed by atoms with Crippen molar-refractivity contribution in [3.63, 3.8) is 0 Å². The fourth-order valence-electron chi connectivity index (χ4n) is 1.21. The van der Waals surface area contributed by atoms with Crippen molar-refractivity contribution in [1.29, 1.82) is 0 Å². The van der Waals surface area contributed by atoms with Gasteiger partial charge in [0.25, 0.3) is 5.56 Å². The number of aryl methyl sites for hydroxylation is 1. The Balaban J connectivity index is 3.13. The van der Waals surface area contributed by atoms with E-state index in [1.807, 2.05) is 6.92 Å². The Morgan fingerprint density at radius 1 is 1.42 bits per heavy atom. The molecule has 0 aliphatic carbocycles. The molecular weight excluding hydrogens is 158 g/mol. The van der Waals surface area contributed by atoms with E-state index in [4.69, 9.17) is 0 Å². The Labute approximate surface area is 66.6 Å². The highest BCUT2D eigenvalue weighted by Crippen LogP contribution is 2.01. The normalized spacial score (nSPS) is 10.8. The van der Waals surface area contributed by atoms with Crippen LogP contribution in [0.25, 0.3) is 5.52 Å². The number of hydrogen-bond donors (Lipinski definition) is 2. The molecule has 5 heteroatoms. The second-order valence-electron chi connectivity index (χ2n) is 2.61. The number of H-pyrrole nitrogens is 2. The van der Waals surface area contributed by atoms with Crippen molar-refractivity contribution in [3.05, 3.63) is 38.7 Å². The van der Waals surface area contributed by atoms with Crippen LogP contribution in [0.4, 0.5) is 0 Å². The molecule has 0 saturated heterocycles. The quantitative estimate of drug-likeness (QED) is 0.558. The summed E-state index contributed by atoms with van der Waals surface area (Å²) in [6.45, 7) is 1.81. The number of rotatable bonds is 0. The monoisotopic (exact) mass is 165 g/mol. The fourth-order valence-corrected chi connectivity index (χ4v) is 1.21.